The highest BCUT2D eigenvalue weighted by atomic mass is 32.2. The van der Waals surface area contributed by atoms with E-state index >= 15 is 0 Å². The van der Waals surface area contributed by atoms with Gasteiger partial charge in [0.2, 0.25) is 15.9 Å². The summed E-state index contributed by atoms with van der Waals surface area (Å²) in [7, 11) is -3.58. The number of ether oxygens (including phenoxy) is 1. The van der Waals surface area contributed by atoms with E-state index in [1.807, 2.05) is 50.2 Å². The molecule has 26 heavy (non-hydrogen) atoms. The Bertz CT molecular complexity index is 831. The Labute approximate surface area is 154 Å². The minimum absolute atomic E-state index is 0.271. The van der Waals surface area contributed by atoms with Gasteiger partial charge in [-0.15, -0.1) is 0 Å². The molecule has 0 saturated heterocycles. The van der Waals surface area contributed by atoms with Crippen molar-refractivity contribution in [3.8, 4) is 5.75 Å². The molecule has 0 radical (unpaired) electrons. The van der Waals surface area contributed by atoms with E-state index in [0.717, 1.165) is 27.4 Å². The van der Waals surface area contributed by atoms with E-state index in [1.54, 1.807) is 12.1 Å². The highest BCUT2D eigenvalue weighted by Gasteiger charge is 2.21. The Hall–Kier alpha value is -2.54. The molecule has 0 aliphatic carbocycles. The van der Waals surface area contributed by atoms with Crippen LogP contribution in [0, 0.1) is 13.8 Å². The lowest BCUT2D eigenvalue weighted by atomic mass is 10.1. The van der Waals surface area contributed by atoms with Crippen LogP contribution in [0.25, 0.3) is 0 Å². The van der Waals surface area contributed by atoms with Gasteiger partial charge in [0, 0.05) is 0 Å². The molecule has 0 unspecified atom stereocenters. The molecule has 0 aliphatic heterocycles. The second kappa shape index (κ2) is 8.71. The van der Waals surface area contributed by atoms with Crippen LogP contribution >= 0.6 is 0 Å². The predicted molar refractivity (Wildman–Crippen MR) is 103 cm³/mol. The number of nitrogens with zero attached hydrogens (tertiary/aromatic N) is 1. The smallest absolute Gasteiger partial charge is 0.240 e. The number of benzene rings is 2. The van der Waals surface area contributed by atoms with Gasteiger partial charge in [-0.05, 0) is 49.2 Å². The van der Waals surface area contributed by atoms with Gasteiger partial charge in [-0.25, -0.2) is 8.42 Å². The number of anilines is 1. The van der Waals surface area contributed by atoms with Crippen LogP contribution in [0.5, 0.6) is 5.75 Å². The van der Waals surface area contributed by atoms with E-state index in [2.05, 4.69) is 5.32 Å². The number of nitrogens with one attached hydrogen (secondary N) is 1. The lowest BCUT2D eigenvalue weighted by Gasteiger charge is -2.22. The third kappa shape index (κ3) is 6.07. The van der Waals surface area contributed by atoms with Gasteiger partial charge in [-0.2, -0.15) is 0 Å². The number of aryl methyl sites for hydroxylation is 2. The third-order valence-electron chi connectivity index (χ3n) is 3.62. The predicted octanol–water partition coefficient (Wildman–Crippen LogP) is 2.26. The summed E-state index contributed by atoms with van der Waals surface area (Å²) in [5.74, 6) is 0.334. The number of para-hydroxylation sites is 1. The summed E-state index contributed by atoms with van der Waals surface area (Å²) >= 11 is 0. The Morgan fingerprint density at radius 3 is 2.27 bits per heavy atom. The van der Waals surface area contributed by atoms with Crippen molar-refractivity contribution in [1.82, 2.24) is 5.32 Å². The molecule has 0 saturated carbocycles. The molecule has 1 amide bonds. The standard InChI is InChI=1S/C19H24N2O4S/c1-15-11-16(2)13-17(12-15)21(26(3,23)24)14-19(22)20-9-10-25-18-7-5-4-6-8-18/h4-8,11-13H,9-10,14H2,1-3H3,(H,20,22). The molecule has 7 heteroatoms. The summed E-state index contributed by atoms with van der Waals surface area (Å²) in [6.45, 7) is 4.10. The SMILES string of the molecule is Cc1cc(C)cc(N(CC(=O)NCCOc2ccccc2)S(C)(=O)=O)c1. The maximum absolute atomic E-state index is 12.2. The lowest BCUT2D eigenvalue weighted by molar-refractivity contribution is -0.119. The molecule has 140 valence electrons. The maximum Gasteiger partial charge on any atom is 0.240 e. The topological polar surface area (TPSA) is 75.7 Å². The van der Waals surface area contributed by atoms with Gasteiger partial charge in [-0.3, -0.25) is 9.10 Å². The van der Waals surface area contributed by atoms with Gasteiger partial charge >= 0.3 is 0 Å². The monoisotopic (exact) mass is 376 g/mol. The second-order valence-electron chi connectivity index (χ2n) is 6.13. The molecule has 0 heterocycles. The molecule has 2 rings (SSSR count). The first-order valence-corrected chi connectivity index (χ1v) is 10.1. The van der Waals surface area contributed by atoms with Crippen LogP contribution in [-0.2, 0) is 14.8 Å². The van der Waals surface area contributed by atoms with Crippen LogP contribution in [0.4, 0.5) is 5.69 Å². The van der Waals surface area contributed by atoms with Crippen molar-refractivity contribution >= 4 is 21.6 Å². The van der Waals surface area contributed by atoms with E-state index in [9.17, 15) is 13.2 Å². The summed E-state index contributed by atoms with van der Waals surface area (Å²) in [4.78, 5) is 12.2. The van der Waals surface area contributed by atoms with Crippen molar-refractivity contribution in [2.75, 3.05) is 30.3 Å². The van der Waals surface area contributed by atoms with Crippen LogP contribution in [-0.4, -0.2) is 40.3 Å². The fourth-order valence-corrected chi connectivity index (χ4v) is 3.40. The summed E-state index contributed by atoms with van der Waals surface area (Å²) in [5, 5.41) is 2.68. The van der Waals surface area contributed by atoms with Crippen molar-refractivity contribution in [2.24, 2.45) is 0 Å². The zero-order valence-electron chi connectivity index (χ0n) is 15.2. The minimum atomic E-state index is -3.58. The Morgan fingerprint density at radius 1 is 1.08 bits per heavy atom. The van der Waals surface area contributed by atoms with E-state index in [4.69, 9.17) is 4.74 Å². The van der Waals surface area contributed by atoms with Gasteiger partial charge in [0.15, 0.2) is 0 Å². The Kier molecular flexibility index (Phi) is 6.63. The molecule has 6 nitrogen and oxygen atoms in total. The number of carbonyl (C=O) groups excluding carboxylic acids is 1. The molecular weight excluding hydrogens is 352 g/mol. The number of rotatable bonds is 8. The van der Waals surface area contributed by atoms with E-state index in [1.165, 1.54) is 0 Å². The average Bonchev–Trinajstić information content (AvgIpc) is 2.55. The Balaban J connectivity index is 1.94. The van der Waals surface area contributed by atoms with Gasteiger partial charge in [0.1, 0.15) is 18.9 Å². The molecule has 2 aromatic rings. The van der Waals surface area contributed by atoms with Gasteiger partial charge in [0.25, 0.3) is 0 Å². The largest absolute Gasteiger partial charge is 0.492 e. The molecular formula is C19H24N2O4S. The fraction of sp³-hybridized carbons (Fsp3) is 0.316. The molecule has 0 atom stereocenters. The van der Waals surface area contributed by atoms with Crippen LogP contribution in [0.15, 0.2) is 48.5 Å². The highest BCUT2D eigenvalue weighted by Crippen LogP contribution is 2.21. The first-order chi connectivity index (χ1) is 12.3. The second-order valence-corrected chi connectivity index (χ2v) is 8.03. The van der Waals surface area contributed by atoms with Gasteiger partial charge in [-0.1, -0.05) is 24.3 Å². The molecule has 0 fully saturated rings. The average molecular weight is 376 g/mol. The molecule has 0 spiro atoms. The third-order valence-corrected chi connectivity index (χ3v) is 4.76. The summed E-state index contributed by atoms with van der Waals surface area (Å²) in [6.07, 6.45) is 1.09. The van der Waals surface area contributed by atoms with Crippen LogP contribution in [0.2, 0.25) is 0 Å². The first-order valence-electron chi connectivity index (χ1n) is 8.26. The molecule has 0 aliphatic rings. The highest BCUT2D eigenvalue weighted by molar-refractivity contribution is 7.92. The maximum atomic E-state index is 12.2. The van der Waals surface area contributed by atoms with Crippen molar-refractivity contribution < 1.29 is 17.9 Å². The van der Waals surface area contributed by atoms with Crippen molar-refractivity contribution in [3.05, 3.63) is 59.7 Å². The van der Waals surface area contributed by atoms with E-state index < -0.39 is 10.0 Å². The molecule has 0 aromatic heterocycles. The van der Waals surface area contributed by atoms with Gasteiger partial charge < -0.3 is 10.1 Å². The molecule has 2 aromatic carbocycles. The quantitative estimate of drug-likeness (QED) is 0.717. The van der Waals surface area contributed by atoms with Crippen LogP contribution < -0.4 is 14.4 Å². The minimum Gasteiger partial charge on any atom is -0.492 e. The zero-order chi connectivity index (χ0) is 19.2. The van der Waals surface area contributed by atoms with E-state index in [0.29, 0.717) is 12.3 Å². The zero-order valence-corrected chi connectivity index (χ0v) is 16.0. The van der Waals surface area contributed by atoms with Crippen molar-refractivity contribution in [3.63, 3.8) is 0 Å². The van der Waals surface area contributed by atoms with Crippen LogP contribution in [0.1, 0.15) is 11.1 Å². The molecule has 0 bridgehead atoms. The lowest BCUT2D eigenvalue weighted by Crippen LogP contribution is -2.41. The summed E-state index contributed by atoms with van der Waals surface area (Å²) in [5.41, 5.74) is 2.36. The van der Waals surface area contributed by atoms with Gasteiger partial charge in [0.05, 0.1) is 18.5 Å². The molecule has 1 N–H and O–H groups in total. The number of hydrogen-bond acceptors (Lipinski definition) is 4. The fourth-order valence-electron chi connectivity index (χ4n) is 2.56. The first kappa shape index (κ1) is 19.8. The number of amides is 1. The van der Waals surface area contributed by atoms with Crippen LogP contribution in [0.3, 0.4) is 0 Å². The number of carbonyl (C=O) groups is 1. The van der Waals surface area contributed by atoms with E-state index in [-0.39, 0.29) is 19.0 Å². The Morgan fingerprint density at radius 2 is 1.69 bits per heavy atom. The number of sulfonamides is 1. The summed E-state index contributed by atoms with van der Waals surface area (Å²) in [6, 6.07) is 14.7. The van der Waals surface area contributed by atoms with Crippen molar-refractivity contribution in [2.45, 2.75) is 13.8 Å². The number of hydrogen-bond donors (Lipinski definition) is 1. The summed E-state index contributed by atoms with van der Waals surface area (Å²) < 4.78 is 30.9. The van der Waals surface area contributed by atoms with Crippen molar-refractivity contribution in [1.29, 1.82) is 0 Å². The normalized spacial score (nSPS) is 11.0.